The summed E-state index contributed by atoms with van der Waals surface area (Å²) < 4.78 is 5.22. The highest BCUT2D eigenvalue weighted by atomic mass is 16.6. The number of esters is 1. The molecule has 3 nitrogen and oxygen atoms in total. The van der Waals surface area contributed by atoms with Gasteiger partial charge in [0.15, 0.2) is 0 Å². The monoisotopic (exact) mass is 184 g/mol. The van der Waals surface area contributed by atoms with Crippen molar-refractivity contribution in [2.45, 2.75) is 45.6 Å². The van der Waals surface area contributed by atoms with E-state index < -0.39 is 11.0 Å². The van der Waals surface area contributed by atoms with Gasteiger partial charge in [0.1, 0.15) is 11.9 Å². The summed E-state index contributed by atoms with van der Waals surface area (Å²) in [6.45, 7) is 5.51. The zero-order chi connectivity index (χ0) is 10.1. The third kappa shape index (κ3) is 2.54. The number of aldehydes is 1. The van der Waals surface area contributed by atoms with Crippen LogP contribution in [0.25, 0.3) is 0 Å². The molecule has 0 bridgehead atoms. The highest BCUT2D eigenvalue weighted by molar-refractivity contribution is 5.83. The first-order chi connectivity index (χ1) is 5.90. The van der Waals surface area contributed by atoms with Crippen LogP contribution in [0.15, 0.2) is 0 Å². The Morgan fingerprint density at radius 2 is 2.00 bits per heavy atom. The average Bonchev–Trinajstić information content (AvgIpc) is 2.66. The first kappa shape index (κ1) is 10.2. The average molecular weight is 184 g/mol. The molecule has 0 atom stereocenters. The third-order valence-electron chi connectivity index (χ3n) is 2.16. The van der Waals surface area contributed by atoms with Crippen LogP contribution in [-0.2, 0) is 14.3 Å². The zero-order valence-electron chi connectivity index (χ0n) is 8.42. The van der Waals surface area contributed by atoms with Crippen molar-refractivity contribution >= 4 is 12.3 Å². The maximum Gasteiger partial charge on any atom is 0.313 e. The molecule has 0 heterocycles. The molecule has 0 aliphatic heterocycles. The lowest BCUT2D eigenvalue weighted by Gasteiger charge is -2.22. The van der Waals surface area contributed by atoms with Crippen molar-refractivity contribution < 1.29 is 14.3 Å². The minimum absolute atomic E-state index is 0.216. The highest BCUT2D eigenvalue weighted by Crippen LogP contribution is 2.49. The summed E-state index contributed by atoms with van der Waals surface area (Å²) >= 11 is 0. The van der Waals surface area contributed by atoms with Crippen LogP contribution in [-0.4, -0.2) is 17.9 Å². The molecular weight excluding hydrogens is 168 g/mol. The van der Waals surface area contributed by atoms with Crippen LogP contribution in [0.5, 0.6) is 0 Å². The van der Waals surface area contributed by atoms with E-state index in [0.29, 0.717) is 6.42 Å². The molecule has 0 aromatic rings. The van der Waals surface area contributed by atoms with Crippen molar-refractivity contribution in [1.29, 1.82) is 0 Å². The second-order valence-electron chi connectivity index (χ2n) is 4.65. The van der Waals surface area contributed by atoms with Crippen molar-refractivity contribution in [3.63, 3.8) is 0 Å². The van der Waals surface area contributed by atoms with Gasteiger partial charge in [0.05, 0.1) is 5.41 Å². The van der Waals surface area contributed by atoms with Gasteiger partial charge in [0.25, 0.3) is 0 Å². The van der Waals surface area contributed by atoms with Crippen molar-refractivity contribution in [2.75, 3.05) is 0 Å². The lowest BCUT2D eigenvalue weighted by Crippen LogP contribution is -2.29. The Balaban J connectivity index is 2.53. The molecule has 74 valence electrons. The third-order valence-corrected chi connectivity index (χ3v) is 2.16. The van der Waals surface area contributed by atoms with Crippen molar-refractivity contribution in [3.8, 4) is 0 Å². The fourth-order valence-corrected chi connectivity index (χ4v) is 1.19. The highest BCUT2D eigenvalue weighted by Gasteiger charge is 2.51. The first-order valence-electron chi connectivity index (χ1n) is 4.57. The molecule has 13 heavy (non-hydrogen) atoms. The Labute approximate surface area is 78.5 Å². The molecule has 0 aromatic carbocycles. The van der Waals surface area contributed by atoms with Crippen LogP contribution in [0.1, 0.15) is 40.0 Å². The Bertz CT molecular complexity index is 221. The van der Waals surface area contributed by atoms with Crippen molar-refractivity contribution in [1.82, 2.24) is 0 Å². The molecule has 1 saturated carbocycles. The summed E-state index contributed by atoms with van der Waals surface area (Å²) in [6.07, 6.45) is 2.69. The number of hydrogen-bond acceptors (Lipinski definition) is 3. The molecule has 1 rings (SSSR count). The number of carbonyl (C=O) groups is 2. The Hall–Kier alpha value is -0.860. The van der Waals surface area contributed by atoms with Gasteiger partial charge in [-0.1, -0.05) is 0 Å². The molecule has 0 aromatic heterocycles. The summed E-state index contributed by atoms with van der Waals surface area (Å²) in [7, 11) is 0. The summed E-state index contributed by atoms with van der Waals surface area (Å²) in [6, 6.07) is 0. The largest absolute Gasteiger partial charge is 0.460 e. The number of hydrogen-bond donors (Lipinski definition) is 0. The summed E-state index contributed by atoms with van der Waals surface area (Å²) in [4.78, 5) is 21.9. The van der Waals surface area contributed by atoms with Gasteiger partial charge in [-0.2, -0.15) is 0 Å². The van der Waals surface area contributed by atoms with Crippen LogP contribution in [0.3, 0.4) is 0 Å². The fraction of sp³-hybridized carbons (Fsp3) is 0.800. The minimum Gasteiger partial charge on any atom is -0.460 e. The predicted molar refractivity (Wildman–Crippen MR) is 48.2 cm³/mol. The van der Waals surface area contributed by atoms with Crippen LogP contribution in [0.2, 0.25) is 0 Å². The van der Waals surface area contributed by atoms with Crippen LogP contribution < -0.4 is 0 Å². The fourth-order valence-electron chi connectivity index (χ4n) is 1.19. The maximum absolute atomic E-state index is 11.6. The summed E-state index contributed by atoms with van der Waals surface area (Å²) in [5, 5.41) is 0. The maximum atomic E-state index is 11.6. The minimum atomic E-state index is -0.463. The molecule has 1 aliphatic carbocycles. The molecule has 1 fully saturated rings. The van der Waals surface area contributed by atoms with Crippen molar-refractivity contribution in [3.05, 3.63) is 0 Å². The SMILES string of the molecule is CC(C)(C)OC(=O)C1(CC=O)CC1. The van der Waals surface area contributed by atoms with Gasteiger partial charge in [-0.05, 0) is 33.6 Å². The lowest BCUT2D eigenvalue weighted by molar-refractivity contribution is -0.162. The lowest BCUT2D eigenvalue weighted by atomic mass is 10.0. The molecular formula is C10H16O3. The molecule has 0 spiro atoms. The van der Waals surface area contributed by atoms with Crippen LogP contribution in [0.4, 0.5) is 0 Å². The second kappa shape index (κ2) is 3.13. The van der Waals surface area contributed by atoms with Crippen LogP contribution in [0, 0.1) is 5.41 Å². The smallest absolute Gasteiger partial charge is 0.313 e. The Morgan fingerprint density at radius 3 is 2.31 bits per heavy atom. The molecule has 1 aliphatic rings. The van der Waals surface area contributed by atoms with Gasteiger partial charge in [-0.15, -0.1) is 0 Å². The van der Waals surface area contributed by atoms with Gasteiger partial charge < -0.3 is 9.53 Å². The topological polar surface area (TPSA) is 43.4 Å². The predicted octanol–water partition coefficient (Wildman–Crippen LogP) is 1.70. The number of rotatable bonds is 3. The molecule has 0 unspecified atom stereocenters. The molecule has 0 amide bonds. The molecule has 0 saturated heterocycles. The van der Waals surface area contributed by atoms with Gasteiger partial charge in [-0.25, -0.2) is 0 Å². The van der Waals surface area contributed by atoms with Gasteiger partial charge in [-0.3, -0.25) is 4.79 Å². The van der Waals surface area contributed by atoms with Gasteiger partial charge in [0, 0.05) is 6.42 Å². The zero-order valence-corrected chi connectivity index (χ0v) is 8.42. The Morgan fingerprint density at radius 1 is 1.46 bits per heavy atom. The summed E-state index contributed by atoms with van der Waals surface area (Å²) in [5.41, 5.74) is -0.912. The van der Waals surface area contributed by atoms with E-state index in [-0.39, 0.29) is 5.97 Å². The van der Waals surface area contributed by atoms with Gasteiger partial charge in [0.2, 0.25) is 0 Å². The molecule has 0 N–H and O–H groups in total. The first-order valence-corrected chi connectivity index (χ1v) is 4.57. The quantitative estimate of drug-likeness (QED) is 0.495. The van der Waals surface area contributed by atoms with E-state index in [0.717, 1.165) is 19.1 Å². The second-order valence-corrected chi connectivity index (χ2v) is 4.65. The van der Waals surface area contributed by atoms with E-state index >= 15 is 0 Å². The number of carbonyl (C=O) groups excluding carboxylic acids is 2. The van der Waals surface area contributed by atoms with E-state index in [9.17, 15) is 9.59 Å². The molecule has 0 radical (unpaired) electrons. The standard InChI is InChI=1S/C10H16O3/c1-9(2,3)13-8(12)10(4-5-10)6-7-11/h7H,4-6H2,1-3H3. The summed E-state index contributed by atoms with van der Waals surface area (Å²) in [5.74, 6) is -0.216. The van der Waals surface area contributed by atoms with Crippen molar-refractivity contribution in [2.24, 2.45) is 5.41 Å². The van der Waals surface area contributed by atoms with E-state index in [4.69, 9.17) is 4.74 Å². The van der Waals surface area contributed by atoms with Crippen LogP contribution >= 0.6 is 0 Å². The Kier molecular flexibility index (Phi) is 2.46. The van der Waals surface area contributed by atoms with E-state index in [2.05, 4.69) is 0 Å². The van der Waals surface area contributed by atoms with E-state index in [1.807, 2.05) is 20.8 Å². The van der Waals surface area contributed by atoms with Gasteiger partial charge >= 0.3 is 5.97 Å². The number of ether oxygens (including phenoxy) is 1. The normalized spacial score (nSPS) is 19.3. The van der Waals surface area contributed by atoms with E-state index in [1.54, 1.807) is 0 Å². The van der Waals surface area contributed by atoms with E-state index in [1.165, 1.54) is 0 Å². The molecule has 3 heteroatoms.